The average molecular weight is 443 g/mol. The van der Waals surface area contributed by atoms with Crippen LogP contribution >= 0.6 is 31.9 Å². The zero-order valence-electron chi connectivity index (χ0n) is 13.0. The number of ketones is 1. The summed E-state index contributed by atoms with van der Waals surface area (Å²) in [6, 6.07) is 8.63. The van der Waals surface area contributed by atoms with Gasteiger partial charge in [0.2, 0.25) is 0 Å². The predicted octanol–water partition coefficient (Wildman–Crippen LogP) is 4.28. The second kappa shape index (κ2) is 7.09. The summed E-state index contributed by atoms with van der Waals surface area (Å²) in [5.74, 6) is -0.474. The van der Waals surface area contributed by atoms with Gasteiger partial charge in [0.15, 0.2) is 5.78 Å². The van der Waals surface area contributed by atoms with Gasteiger partial charge in [0.25, 0.3) is 0 Å². The number of nitrogens with zero attached hydrogens (tertiary/aromatic N) is 1. The first-order valence-electron chi connectivity index (χ1n) is 7.18. The lowest BCUT2D eigenvalue weighted by Crippen LogP contribution is -2.46. The lowest BCUT2D eigenvalue weighted by atomic mass is 9.83. The van der Waals surface area contributed by atoms with Crippen molar-refractivity contribution in [3.05, 3.63) is 47.5 Å². The maximum atomic E-state index is 12.4. The lowest BCUT2D eigenvalue weighted by molar-refractivity contribution is -0.115. The SMILES string of the molecule is CC(C)C1=CC(=NOC(=O)c2ccccc2)C(C)(Br)C(Br)C1=O. The van der Waals surface area contributed by atoms with Crippen LogP contribution in [0.15, 0.2) is 47.1 Å². The van der Waals surface area contributed by atoms with Gasteiger partial charge >= 0.3 is 5.97 Å². The fourth-order valence-corrected chi connectivity index (χ4v) is 3.06. The summed E-state index contributed by atoms with van der Waals surface area (Å²) in [5.41, 5.74) is 1.56. The van der Waals surface area contributed by atoms with E-state index in [9.17, 15) is 9.59 Å². The summed E-state index contributed by atoms with van der Waals surface area (Å²) in [7, 11) is 0. The molecule has 0 fully saturated rings. The minimum atomic E-state index is -0.751. The molecule has 0 aromatic heterocycles. The van der Waals surface area contributed by atoms with Gasteiger partial charge in [-0.05, 0) is 31.1 Å². The monoisotopic (exact) mass is 441 g/mol. The number of hydrogen-bond donors (Lipinski definition) is 0. The number of Topliss-reactive ketones (excluding diaryl/α,β-unsaturated/α-hetero) is 1. The molecule has 6 heteroatoms. The molecule has 0 radical (unpaired) electrons. The number of rotatable bonds is 3. The highest BCUT2D eigenvalue weighted by Crippen LogP contribution is 2.38. The molecule has 0 bridgehead atoms. The Morgan fingerprint density at radius 3 is 2.48 bits per heavy atom. The molecule has 0 aliphatic heterocycles. The summed E-state index contributed by atoms with van der Waals surface area (Å²) < 4.78 is -0.751. The highest BCUT2D eigenvalue weighted by Gasteiger charge is 2.44. The fourth-order valence-electron chi connectivity index (χ4n) is 2.17. The molecule has 0 spiro atoms. The molecule has 1 aliphatic carbocycles. The standard InChI is InChI=1S/C17H17Br2NO3/c1-10(2)12-9-13(17(3,19)15(18)14(12)21)20-23-16(22)11-7-5-4-6-8-11/h4-10,15H,1-3H3. The van der Waals surface area contributed by atoms with Gasteiger partial charge in [-0.1, -0.05) is 69.1 Å². The number of allylic oxidation sites excluding steroid dienone is 2. The lowest BCUT2D eigenvalue weighted by Gasteiger charge is -2.33. The van der Waals surface area contributed by atoms with E-state index in [-0.39, 0.29) is 11.7 Å². The number of halogens is 2. The van der Waals surface area contributed by atoms with Crippen molar-refractivity contribution in [3.63, 3.8) is 0 Å². The van der Waals surface area contributed by atoms with Crippen molar-refractivity contribution < 1.29 is 14.4 Å². The molecular formula is C17H17Br2NO3. The minimum Gasteiger partial charge on any atom is -0.312 e. The third-order valence-corrected chi connectivity index (χ3v) is 6.45. The topological polar surface area (TPSA) is 55.7 Å². The summed E-state index contributed by atoms with van der Waals surface area (Å²) in [6.07, 6.45) is 1.69. The number of carbonyl (C=O) groups is 2. The Kier molecular flexibility index (Phi) is 5.57. The van der Waals surface area contributed by atoms with Crippen molar-refractivity contribution >= 4 is 49.3 Å². The molecule has 0 amide bonds. The van der Waals surface area contributed by atoms with Crippen LogP contribution in [0.5, 0.6) is 0 Å². The Balaban J connectivity index is 2.31. The van der Waals surface area contributed by atoms with Gasteiger partial charge in [-0.25, -0.2) is 4.79 Å². The molecule has 0 N–H and O–H groups in total. The van der Waals surface area contributed by atoms with Crippen LogP contribution in [0, 0.1) is 5.92 Å². The van der Waals surface area contributed by atoms with E-state index in [1.165, 1.54) is 0 Å². The maximum Gasteiger partial charge on any atom is 0.365 e. The number of oxime groups is 1. The predicted molar refractivity (Wildman–Crippen MR) is 97.3 cm³/mol. The molecule has 2 rings (SSSR count). The molecule has 1 aliphatic rings. The first kappa shape index (κ1) is 18.1. The van der Waals surface area contributed by atoms with Gasteiger partial charge in [0, 0.05) is 5.57 Å². The van der Waals surface area contributed by atoms with Gasteiger partial charge in [-0.15, -0.1) is 0 Å². The Morgan fingerprint density at radius 1 is 1.30 bits per heavy atom. The van der Waals surface area contributed by atoms with Crippen LogP contribution in [0.25, 0.3) is 0 Å². The van der Waals surface area contributed by atoms with Crippen molar-refractivity contribution in [1.29, 1.82) is 0 Å². The zero-order chi connectivity index (χ0) is 17.2. The molecule has 23 heavy (non-hydrogen) atoms. The number of carbonyl (C=O) groups excluding carboxylic acids is 2. The van der Waals surface area contributed by atoms with Crippen LogP contribution in [-0.4, -0.2) is 26.6 Å². The van der Waals surface area contributed by atoms with Crippen LogP contribution in [-0.2, 0) is 9.63 Å². The van der Waals surface area contributed by atoms with Crippen LogP contribution in [0.4, 0.5) is 0 Å². The van der Waals surface area contributed by atoms with Gasteiger partial charge in [0.1, 0.15) is 0 Å². The molecular weight excluding hydrogens is 426 g/mol. The molecule has 1 aromatic rings. The van der Waals surface area contributed by atoms with E-state index in [0.717, 1.165) is 0 Å². The second-order valence-corrected chi connectivity index (χ2v) is 8.34. The Morgan fingerprint density at radius 2 is 1.91 bits per heavy atom. The molecule has 0 heterocycles. The van der Waals surface area contributed by atoms with Crippen molar-refractivity contribution in [2.45, 2.75) is 29.9 Å². The van der Waals surface area contributed by atoms with E-state index in [1.54, 1.807) is 30.3 Å². The summed E-state index contributed by atoms with van der Waals surface area (Å²) in [5, 5.41) is 3.99. The van der Waals surface area contributed by atoms with Crippen molar-refractivity contribution in [2.75, 3.05) is 0 Å². The third kappa shape index (κ3) is 3.80. The van der Waals surface area contributed by atoms with Crippen LogP contribution < -0.4 is 0 Å². The van der Waals surface area contributed by atoms with Gasteiger partial charge in [-0.3, -0.25) is 4.79 Å². The van der Waals surface area contributed by atoms with E-state index < -0.39 is 15.1 Å². The summed E-state index contributed by atoms with van der Waals surface area (Å²) >= 11 is 6.93. The van der Waals surface area contributed by atoms with E-state index in [1.807, 2.05) is 26.8 Å². The summed E-state index contributed by atoms with van der Waals surface area (Å²) in [6.45, 7) is 5.69. The zero-order valence-corrected chi connectivity index (χ0v) is 16.2. The maximum absolute atomic E-state index is 12.4. The molecule has 0 saturated heterocycles. The van der Waals surface area contributed by atoms with Gasteiger partial charge in [-0.2, -0.15) is 0 Å². The van der Waals surface area contributed by atoms with E-state index >= 15 is 0 Å². The minimum absolute atomic E-state index is 0.00714. The smallest absolute Gasteiger partial charge is 0.312 e. The van der Waals surface area contributed by atoms with Gasteiger partial charge in [0.05, 0.1) is 20.4 Å². The highest BCUT2D eigenvalue weighted by atomic mass is 79.9. The molecule has 1 aromatic carbocycles. The fraction of sp³-hybridized carbons (Fsp3) is 0.353. The molecule has 2 unspecified atom stereocenters. The third-order valence-electron chi connectivity index (χ3n) is 3.64. The van der Waals surface area contributed by atoms with Crippen molar-refractivity contribution in [2.24, 2.45) is 11.1 Å². The molecule has 122 valence electrons. The van der Waals surface area contributed by atoms with Crippen LogP contribution in [0.1, 0.15) is 31.1 Å². The van der Waals surface area contributed by atoms with Crippen LogP contribution in [0.3, 0.4) is 0 Å². The normalized spacial score (nSPS) is 26.3. The number of hydrogen-bond acceptors (Lipinski definition) is 4. The largest absolute Gasteiger partial charge is 0.365 e. The van der Waals surface area contributed by atoms with Gasteiger partial charge < -0.3 is 4.84 Å². The Labute approximate surface area is 152 Å². The van der Waals surface area contributed by atoms with E-state index in [4.69, 9.17) is 4.84 Å². The molecule has 0 saturated carbocycles. The Hall–Kier alpha value is -1.27. The quantitative estimate of drug-likeness (QED) is 0.398. The summed E-state index contributed by atoms with van der Waals surface area (Å²) in [4.78, 5) is 29.0. The van der Waals surface area contributed by atoms with E-state index in [0.29, 0.717) is 16.8 Å². The number of benzene rings is 1. The second-order valence-electron chi connectivity index (χ2n) is 5.78. The molecule has 2 atom stereocenters. The number of alkyl halides is 2. The first-order valence-corrected chi connectivity index (χ1v) is 8.89. The molecule has 4 nitrogen and oxygen atoms in total. The van der Waals surface area contributed by atoms with E-state index in [2.05, 4.69) is 37.0 Å². The first-order chi connectivity index (χ1) is 10.7. The van der Waals surface area contributed by atoms with Crippen molar-refractivity contribution in [1.82, 2.24) is 0 Å². The van der Waals surface area contributed by atoms with Crippen LogP contribution in [0.2, 0.25) is 0 Å². The van der Waals surface area contributed by atoms with Crippen molar-refractivity contribution in [3.8, 4) is 0 Å². The highest BCUT2D eigenvalue weighted by molar-refractivity contribution is 9.13. The Bertz CT molecular complexity index is 678. The average Bonchev–Trinajstić information content (AvgIpc) is 2.52.